The number of nitrogens with two attached hydrogens (primary N) is 1. The summed E-state index contributed by atoms with van der Waals surface area (Å²) in [7, 11) is 0. The molecule has 0 aliphatic heterocycles. The van der Waals surface area contributed by atoms with Gasteiger partial charge in [0.2, 0.25) is 0 Å². The lowest BCUT2D eigenvalue weighted by Crippen LogP contribution is -2.19. The Hall–Kier alpha value is -2.08. The molecule has 0 bridgehead atoms. The van der Waals surface area contributed by atoms with Gasteiger partial charge >= 0.3 is 0 Å². The van der Waals surface area contributed by atoms with Gasteiger partial charge in [-0.05, 0) is 44.0 Å². The van der Waals surface area contributed by atoms with Crippen LogP contribution in [-0.2, 0) is 0 Å². The molecular weight excluding hydrogens is 287 g/mol. The van der Waals surface area contributed by atoms with Crippen molar-refractivity contribution < 1.29 is 4.39 Å². The van der Waals surface area contributed by atoms with E-state index in [2.05, 4.69) is 15.5 Å². The lowest BCUT2D eigenvalue weighted by Gasteiger charge is -2.18. The molecule has 0 saturated carbocycles. The molecule has 110 valence electrons. The Morgan fingerprint density at radius 1 is 1.24 bits per heavy atom. The zero-order valence-electron chi connectivity index (χ0n) is 12.1. The Balaban J connectivity index is 2.33. The first-order valence-electron chi connectivity index (χ1n) is 6.56. The topological polar surface area (TPSA) is 63.8 Å². The van der Waals surface area contributed by atoms with E-state index in [4.69, 9.17) is 18.0 Å². The predicted molar refractivity (Wildman–Crippen MR) is 85.8 cm³/mol. The summed E-state index contributed by atoms with van der Waals surface area (Å²) < 4.78 is 13.0. The minimum absolute atomic E-state index is 0.0740. The first-order valence-corrected chi connectivity index (χ1v) is 6.96. The van der Waals surface area contributed by atoms with Crippen molar-refractivity contribution in [3.05, 3.63) is 52.5 Å². The van der Waals surface area contributed by atoms with Crippen LogP contribution >= 0.6 is 12.2 Å². The maximum Gasteiger partial charge on any atom is 0.159 e. The molecule has 1 unspecified atom stereocenters. The average molecular weight is 304 g/mol. The number of aromatic nitrogens is 2. The van der Waals surface area contributed by atoms with Gasteiger partial charge in [0.05, 0.1) is 17.3 Å². The van der Waals surface area contributed by atoms with E-state index in [-0.39, 0.29) is 16.8 Å². The van der Waals surface area contributed by atoms with E-state index in [1.165, 1.54) is 12.1 Å². The molecule has 4 nitrogen and oxygen atoms in total. The van der Waals surface area contributed by atoms with Crippen molar-refractivity contribution in [2.24, 2.45) is 5.73 Å². The number of hydrogen-bond acceptors (Lipinski definition) is 4. The fourth-order valence-electron chi connectivity index (χ4n) is 2.05. The number of halogens is 1. The Morgan fingerprint density at radius 2 is 1.86 bits per heavy atom. The summed E-state index contributed by atoms with van der Waals surface area (Å²) in [6, 6.07) is 6.22. The fraction of sp³-hybridized carbons (Fsp3) is 0.267. The summed E-state index contributed by atoms with van der Waals surface area (Å²) in [5.41, 5.74) is 9.13. The smallest absolute Gasteiger partial charge is 0.159 e. The minimum atomic E-state index is -0.263. The summed E-state index contributed by atoms with van der Waals surface area (Å²) in [4.78, 5) is 0.277. The van der Waals surface area contributed by atoms with Crippen LogP contribution < -0.4 is 11.1 Å². The first-order chi connectivity index (χ1) is 9.90. The number of thiocarbonyl (C=S) groups is 1. The van der Waals surface area contributed by atoms with Crippen LogP contribution in [0.1, 0.15) is 35.3 Å². The molecule has 3 N–H and O–H groups in total. The average Bonchev–Trinajstić information content (AvgIpc) is 2.43. The number of nitrogens with zero attached hydrogens (tertiary/aromatic N) is 2. The van der Waals surface area contributed by atoms with Gasteiger partial charge in [0.25, 0.3) is 0 Å². The number of anilines is 1. The molecule has 21 heavy (non-hydrogen) atoms. The molecule has 2 aromatic rings. The van der Waals surface area contributed by atoms with Crippen molar-refractivity contribution in [3.8, 4) is 0 Å². The fourth-order valence-corrected chi connectivity index (χ4v) is 2.30. The second-order valence-corrected chi connectivity index (χ2v) is 5.36. The zero-order chi connectivity index (χ0) is 15.6. The van der Waals surface area contributed by atoms with Crippen LogP contribution in [0.4, 0.5) is 10.2 Å². The molecule has 6 heteroatoms. The molecule has 1 aromatic carbocycles. The SMILES string of the molecule is Cc1nnc(NC(C)c2ccc(F)cc2)c(C(N)=S)c1C. The van der Waals surface area contributed by atoms with E-state index < -0.39 is 0 Å². The van der Waals surface area contributed by atoms with Gasteiger partial charge in [-0.2, -0.15) is 5.10 Å². The summed E-state index contributed by atoms with van der Waals surface area (Å²) in [6.45, 7) is 5.72. The van der Waals surface area contributed by atoms with Crippen LogP contribution in [-0.4, -0.2) is 15.2 Å². The highest BCUT2D eigenvalue weighted by molar-refractivity contribution is 7.80. The maximum absolute atomic E-state index is 13.0. The molecule has 0 aliphatic carbocycles. The second kappa shape index (κ2) is 6.13. The third-order valence-electron chi connectivity index (χ3n) is 3.42. The normalized spacial score (nSPS) is 12.0. The third kappa shape index (κ3) is 3.33. The van der Waals surface area contributed by atoms with Crippen molar-refractivity contribution >= 4 is 23.0 Å². The first kappa shape index (κ1) is 15.3. The van der Waals surface area contributed by atoms with E-state index in [1.807, 2.05) is 20.8 Å². The minimum Gasteiger partial charge on any atom is -0.389 e. The Labute approximate surface area is 128 Å². The van der Waals surface area contributed by atoms with Gasteiger partial charge in [-0.1, -0.05) is 24.4 Å². The summed E-state index contributed by atoms with van der Waals surface area (Å²) in [6.07, 6.45) is 0. The Morgan fingerprint density at radius 3 is 2.43 bits per heavy atom. The largest absolute Gasteiger partial charge is 0.389 e. The number of nitrogens with one attached hydrogen (secondary N) is 1. The third-order valence-corrected chi connectivity index (χ3v) is 3.63. The standard InChI is InChI=1S/C15H17FN4S/c1-8-9(2)19-20-15(13(8)14(17)21)18-10(3)11-4-6-12(16)7-5-11/h4-7,10H,1-3H3,(H2,17,21)(H,18,20). The molecule has 0 saturated heterocycles. The maximum atomic E-state index is 13.0. The van der Waals surface area contributed by atoms with E-state index in [0.717, 1.165) is 16.8 Å². The van der Waals surface area contributed by atoms with Crippen LogP contribution in [0.15, 0.2) is 24.3 Å². The molecule has 0 spiro atoms. The van der Waals surface area contributed by atoms with Crippen molar-refractivity contribution in [1.29, 1.82) is 0 Å². The highest BCUT2D eigenvalue weighted by atomic mass is 32.1. The molecule has 1 heterocycles. The number of hydrogen-bond donors (Lipinski definition) is 2. The summed E-state index contributed by atoms with van der Waals surface area (Å²) >= 11 is 5.10. The number of benzene rings is 1. The van der Waals surface area contributed by atoms with Crippen LogP contribution in [0, 0.1) is 19.7 Å². The molecule has 1 atom stereocenters. The molecule has 2 rings (SSSR count). The van der Waals surface area contributed by atoms with E-state index in [0.29, 0.717) is 11.4 Å². The Kier molecular flexibility index (Phi) is 4.47. The van der Waals surface area contributed by atoms with Gasteiger partial charge < -0.3 is 11.1 Å². The highest BCUT2D eigenvalue weighted by Crippen LogP contribution is 2.23. The van der Waals surface area contributed by atoms with Gasteiger partial charge in [0.15, 0.2) is 5.82 Å². The van der Waals surface area contributed by atoms with Crippen LogP contribution in [0.3, 0.4) is 0 Å². The van der Waals surface area contributed by atoms with Crippen LogP contribution in [0.2, 0.25) is 0 Å². The van der Waals surface area contributed by atoms with Gasteiger partial charge in [0.1, 0.15) is 10.8 Å². The zero-order valence-corrected chi connectivity index (χ0v) is 13.0. The molecule has 1 aromatic heterocycles. The van der Waals surface area contributed by atoms with Crippen LogP contribution in [0.25, 0.3) is 0 Å². The molecule has 0 radical (unpaired) electrons. The van der Waals surface area contributed by atoms with Crippen molar-refractivity contribution in [2.75, 3.05) is 5.32 Å². The summed E-state index contributed by atoms with van der Waals surface area (Å²) in [5, 5.41) is 11.5. The highest BCUT2D eigenvalue weighted by Gasteiger charge is 2.16. The second-order valence-electron chi connectivity index (χ2n) is 4.92. The number of rotatable bonds is 4. The van der Waals surface area contributed by atoms with E-state index in [1.54, 1.807) is 12.1 Å². The van der Waals surface area contributed by atoms with Crippen molar-refractivity contribution in [3.63, 3.8) is 0 Å². The van der Waals surface area contributed by atoms with Gasteiger partial charge in [0, 0.05) is 0 Å². The number of aryl methyl sites for hydroxylation is 1. The predicted octanol–water partition coefficient (Wildman–Crippen LogP) is 3.04. The van der Waals surface area contributed by atoms with Crippen LogP contribution in [0.5, 0.6) is 0 Å². The van der Waals surface area contributed by atoms with Gasteiger partial charge in [-0.3, -0.25) is 0 Å². The lowest BCUT2D eigenvalue weighted by atomic mass is 10.1. The molecule has 0 amide bonds. The van der Waals surface area contributed by atoms with Crippen molar-refractivity contribution in [2.45, 2.75) is 26.8 Å². The van der Waals surface area contributed by atoms with Gasteiger partial charge in [-0.25, -0.2) is 4.39 Å². The van der Waals surface area contributed by atoms with Gasteiger partial charge in [-0.15, -0.1) is 5.10 Å². The monoisotopic (exact) mass is 304 g/mol. The quantitative estimate of drug-likeness (QED) is 0.850. The lowest BCUT2D eigenvalue weighted by molar-refractivity contribution is 0.626. The van der Waals surface area contributed by atoms with Crippen molar-refractivity contribution in [1.82, 2.24) is 10.2 Å². The Bertz CT molecular complexity index is 670. The molecule has 0 aliphatic rings. The molecule has 0 fully saturated rings. The van der Waals surface area contributed by atoms with E-state index >= 15 is 0 Å². The molecular formula is C15H17FN4S. The summed E-state index contributed by atoms with van der Waals surface area (Å²) in [5.74, 6) is 0.281. The van der Waals surface area contributed by atoms with E-state index in [9.17, 15) is 4.39 Å².